The van der Waals surface area contributed by atoms with Gasteiger partial charge in [0, 0.05) is 0 Å². The van der Waals surface area contributed by atoms with Crippen LogP contribution >= 0.6 is 7.82 Å². The molecule has 1 saturated heterocycles. The second-order valence-corrected chi connectivity index (χ2v) is 5.32. The molecule has 0 aromatic rings. The Morgan fingerprint density at radius 1 is 1.40 bits per heavy atom. The first kappa shape index (κ1) is 13.1. The Morgan fingerprint density at radius 2 is 2.13 bits per heavy atom. The molecule has 0 radical (unpaired) electrons. The SMILES string of the molecule is CC1COP(=O)(OCCCCCCN)O1. The number of phosphoric ester groups is 1. The summed E-state index contributed by atoms with van der Waals surface area (Å²) in [6.45, 7) is 3.31. The van der Waals surface area contributed by atoms with E-state index in [1.54, 1.807) is 0 Å². The maximum atomic E-state index is 11.6. The van der Waals surface area contributed by atoms with Gasteiger partial charge < -0.3 is 5.73 Å². The van der Waals surface area contributed by atoms with Gasteiger partial charge in [-0.1, -0.05) is 12.8 Å². The fourth-order valence-corrected chi connectivity index (χ4v) is 2.76. The van der Waals surface area contributed by atoms with Crippen LogP contribution in [0.25, 0.3) is 0 Å². The van der Waals surface area contributed by atoms with Crippen LogP contribution in [0.15, 0.2) is 0 Å². The van der Waals surface area contributed by atoms with Crippen LogP contribution in [0.4, 0.5) is 0 Å². The average Bonchev–Trinajstić information content (AvgIpc) is 2.53. The van der Waals surface area contributed by atoms with Crippen molar-refractivity contribution in [2.45, 2.75) is 38.7 Å². The minimum Gasteiger partial charge on any atom is -0.330 e. The fraction of sp³-hybridized carbons (Fsp3) is 1.00. The lowest BCUT2D eigenvalue weighted by Crippen LogP contribution is -2.00. The molecule has 1 fully saturated rings. The summed E-state index contributed by atoms with van der Waals surface area (Å²) in [6, 6.07) is 0. The summed E-state index contributed by atoms with van der Waals surface area (Å²) in [5.41, 5.74) is 5.36. The number of phosphoric acid groups is 1. The van der Waals surface area contributed by atoms with Crippen molar-refractivity contribution in [1.82, 2.24) is 0 Å². The molecular formula is C9H20NO4P. The molecule has 1 heterocycles. The van der Waals surface area contributed by atoms with E-state index in [0.717, 1.165) is 32.2 Å². The Hall–Kier alpha value is 0.0700. The standard InChI is InChI=1S/C9H20NO4P/c1-9-8-13-15(11,14-9)12-7-5-3-2-4-6-10/h9H,2-8,10H2,1H3. The molecule has 2 atom stereocenters. The summed E-state index contributed by atoms with van der Waals surface area (Å²) in [6.07, 6.45) is 3.88. The highest BCUT2D eigenvalue weighted by atomic mass is 31.2. The van der Waals surface area contributed by atoms with Crippen LogP contribution in [-0.4, -0.2) is 25.9 Å². The summed E-state index contributed by atoms with van der Waals surface area (Å²) in [4.78, 5) is 0. The molecule has 0 amide bonds. The third-order valence-electron chi connectivity index (χ3n) is 2.12. The predicted octanol–water partition coefficient (Wildman–Crippen LogP) is 2.07. The lowest BCUT2D eigenvalue weighted by Gasteiger charge is -2.09. The zero-order valence-corrected chi connectivity index (χ0v) is 10.1. The third-order valence-corrected chi connectivity index (χ3v) is 3.71. The summed E-state index contributed by atoms with van der Waals surface area (Å²) in [5, 5.41) is 0. The van der Waals surface area contributed by atoms with E-state index in [1.165, 1.54) is 0 Å². The first-order chi connectivity index (χ1) is 7.16. The van der Waals surface area contributed by atoms with E-state index in [1.807, 2.05) is 6.92 Å². The molecule has 1 aliphatic rings. The fourth-order valence-electron chi connectivity index (χ4n) is 1.32. The zero-order valence-electron chi connectivity index (χ0n) is 9.18. The topological polar surface area (TPSA) is 70.8 Å². The van der Waals surface area contributed by atoms with Crippen LogP contribution < -0.4 is 5.73 Å². The molecule has 2 unspecified atom stereocenters. The number of unbranched alkanes of at least 4 members (excludes halogenated alkanes) is 3. The highest BCUT2D eigenvalue weighted by Gasteiger charge is 2.36. The highest BCUT2D eigenvalue weighted by Crippen LogP contribution is 2.54. The van der Waals surface area contributed by atoms with Gasteiger partial charge in [-0.15, -0.1) is 0 Å². The molecule has 15 heavy (non-hydrogen) atoms. The molecule has 1 aliphatic heterocycles. The van der Waals surface area contributed by atoms with Gasteiger partial charge in [0.1, 0.15) is 0 Å². The predicted molar refractivity (Wildman–Crippen MR) is 57.6 cm³/mol. The first-order valence-electron chi connectivity index (χ1n) is 5.44. The van der Waals surface area contributed by atoms with Gasteiger partial charge >= 0.3 is 7.82 Å². The normalized spacial score (nSPS) is 30.9. The second-order valence-electron chi connectivity index (χ2n) is 3.70. The maximum Gasteiger partial charge on any atom is 0.475 e. The van der Waals surface area contributed by atoms with Crippen molar-refractivity contribution >= 4 is 7.82 Å². The lowest BCUT2D eigenvalue weighted by atomic mass is 10.2. The van der Waals surface area contributed by atoms with E-state index in [2.05, 4.69) is 0 Å². The highest BCUT2D eigenvalue weighted by molar-refractivity contribution is 7.48. The van der Waals surface area contributed by atoms with E-state index in [9.17, 15) is 4.57 Å². The van der Waals surface area contributed by atoms with Crippen molar-refractivity contribution in [3.8, 4) is 0 Å². The Morgan fingerprint density at radius 3 is 2.73 bits per heavy atom. The smallest absolute Gasteiger partial charge is 0.330 e. The number of rotatable bonds is 7. The molecule has 90 valence electrons. The quantitative estimate of drug-likeness (QED) is 0.542. The third kappa shape index (κ3) is 5.09. The summed E-state index contributed by atoms with van der Waals surface area (Å²) in [5.74, 6) is 0. The minimum absolute atomic E-state index is 0.131. The largest absolute Gasteiger partial charge is 0.475 e. The van der Waals surface area contributed by atoms with Gasteiger partial charge in [0.2, 0.25) is 0 Å². The Bertz CT molecular complexity index is 224. The maximum absolute atomic E-state index is 11.6. The Kier molecular flexibility index (Phi) is 5.79. The molecule has 6 heteroatoms. The molecule has 0 saturated carbocycles. The molecule has 2 N–H and O–H groups in total. The summed E-state index contributed by atoms with van der Waals surface area (Å²) < 4.78 is 26.8. The number of hydrogen-bond donors (Lipinski definition) is 1. The summed E-state index contributed by atoms with van der Waals surface area (Å²) >= 11 is 0. The van der Waals surface area contributed by atoms with Crippen LogP contribution in [0.3, 0.4) is 0 Å². The molecular weight excluding hydrogens is 217 g/mol. The lowest BCUT2D eigenvalue weighted by molar-refractivity contribution is 0.175. The molecule has 0 aromatic heterocycles. The van der Waals surface area contributed by atoms with E-state index in [-0.39, 0.29) is 6.10 Å². The van der Waals surface area contributed by atoms with Gasteiger partial charge in [0.15, 0.2) is 0 Å². The van der Waals surface area contributed by atoms with Crippen LogP contribution in [0.1, 0.15) is 32.6 Å². The van der Waals surface area contributed by atoms with Gasteiger partial charge in [-0.25, -0.2) is 4.57 Å². The average molecular weight is 237 g/mol. The van der Waals surface area contributed by atoms with E-state index in [4.69, 9.17) is 19.3 Å². The van der Waals surface area contributed by atoms with Crippen LogP contribution in [0.5, 0.6) is 0 Å². The van der Waals surface area contributed by atoms with Crippen molar-refractivity contribution in [3.05, 3.63) is 0 Å². The van der Waals surface area contributed by atoms with Crippen molar-refractivity contribution in [2.75, 3.05) is 19.8 Å². The van der Waals surface area contributed by atoms with E-state index < -0.39 is 7.82 Å². The van der Waals surface area contributed by atoms with E-state index >= 15 is 0 Å². The Balaban J connectivity index is 2.02. The zero-order chi connectivity index (χ0) is 11.1. The van der Waals surface area contributed by atoms with Gasteiger partial charge in [-0.05, 0) is 26.3 Å². The molecule has 0 bridgehead atoms. The second kappa shape index (κ2) is 6.61. The van der Waals surface area contributed by atoms with Gasteiger partial charge in [0.05, 0.1) is 19.3 Å². The summed E-state index contributed by atoms with van der Waals surface area (Å²) in [7, 11) is -3.21. The molecule has 0 spiro atoms. The van der Waals surface area contributed by atoms with Gasteiger partial charge in [0.25, 0.3) is 0 Å². The Labute approximate surface area is 90.9 Å². The van der Waals surface area contributed by atoms with Crippen LogP contribution in [0.2, 0.25) is 0 Å². The minimum atomic E-state index is -3.21. The molecule has 0 aliphatic carbocycles. The number of hydrogen-bond acceptors (Lipinski definition) is 5. The van der Waals surface area contributed by atoms with Crippen LogP contribution in [-0.2, 0) is 18.1 Å². The monoisotopic (exact) mass is 237 g/mol. The van der Waals surface area contributed by atoms with Crippen molar-refractivity contribution in [2.24, 2.45) is 5.73 Å². The molecule has 1 rings (SSSR count). The van der Waals surface area contributed by atoms with Crippen molar-refractivity contribution in [3.63, 3.8) is 0 Å². The first-order valence-corrected chi connectivity index (χ1v) is 6.90. The van der Waals surface area contributed by atoms with Gasteiger partial charge in [-0.3, -0.25) is 13.6 Å². The van der Waals surface area contributed by atoms with Gasteiger partial charge in [-0.2, -0.15) is 0 Å². The van der Waals surface area contributed by atoms with Crippen molar-refractivity contribution < 1.29 is 18.1 Å². The van der Waals surface area contributed by atoms with E-state index in [0.29, 0.717) is 13.2 Å². The molecule has 5 nitrogen and oxygen atoms in total. The van der Waals surface area contributed by atoms with Crippen molar-refractivity contribution in [1.29, 1.82) is 0 Å². The number of nitrogens with two attached hydrogens (primary N) is 1. The molecule has 0 aromatic carbocycles. The van der Waals surface area contributed by atoms with Crippen LogP contribution in [0, 0.1) is 0 Å².